The normalized spacial score (nSPS) is 12.1. The van der Waals surface area contributed by atoms with Crippen LogP contribution in [0.15, 0.2) is 36.8 Å². The standard InChI is InChI=1S/C22H26F2N6OSi/c1-29-12-14(10-27-29)22-15-9-18(20-16(23)5-6-17(25)21(20)24)26-11-19(15)30(28-22)13-31-7-8-32(2,3)4/h5-6,9-12H,7-8,13,25H2,1-4H3. The number of nitrogens with zero attached hydrogens (tertiary/aromatic N) is 5. The number of anilines is 1. The van der Waals surface area contributed by atoms with Crippen molar-refractivity contribution in [3.8, 4) is 22.5 Å². The van der Waals surface area contributed by atoms with E-state index >= 15 is 0 Å². The van der Waals surface area contributed by atoms with E-state index in [1.165, 1.54) is 6.07 Å². The number of pyridine rings is 1. The molecule has 7 nitrogen and oxygen atoms in total. The zero-order valence-electron chi connectivity index (χ0n) is 18.6. The van der Waals surface area contributed by atoms with Crippen molar-refractivity contribution in [2.75, 3.05) is 12.3 Å². The molecule has 0 spiro atoms. The van der Waals surface area contributed by atoms with Crippen LogP contribution in [-0.2, 0) is 18.5 Å². The van der Waals surface area contributed by atoms with Crippen molar-refractivity contribution >= 4 is 24.7 Å². The molecule has 1 aromatic carbocycles. The lowest BCUT2D eigenvalue weighted by molar-refractivity contribution is 0.0818. The van der Waals surface area contributed by atoms with Crippen molar-refractivity contribution in [3.63, 3.8) is 0 Å². The Bertz CT molecular complexity index is 1280. The van der Waals surface area contributed by atoms with Crippen LogP contribution in [0.3, 0.4) is 0 Å². The van der Waals surface area contributed by atoms with Crippen LogP contribution in [-0.4, -0.2) is 39.2 Å². The summed E-state index contributed by atoms with van der Waals surface area (Å²) in [6, 6.07) is 5.00. The first kappa shape index (κ1) is 22.1. The van der Waals surface area contributed by atoms with E-state index in [9.17, 15) is 8.78 Å². The third-order valence-corrected chi connectivity index (χ3v) is 6.91. The number of benzene rings is 1. The molecule has 0 unspecified atom stereocenters. The average molecular weight is 457 g/mol. The summed E-state index contributed by atoms with van der Waals surface area (Å²) in [5.41, 5.74) is 7.52. The Kier molecular flexibility index (Phi) is 5.82. The van der Waals surface area contributed by atoms with Crippen LogP contribution in [0, 0.1) is 11.6 Å². The third-order valence-electron chi connectivity index (χ3n) is 5.20. The Labute approximate surface area is 185 Å². The number of nitrogen functional groups attached to an aromatic ring is 1. The van der Waals surface area contributed by atoms with Crippen LogP contribution in [0.4, 0.5) is 14.5 Å². The second-order valence-electron chi connectivity index (χ2n) is 9.01. The predicted octanol–water partition coefficient (Wildman–Crippen LogP) is 4.67. The van der Waals surface area contributed by atoms with Gasteiger partial charge in [-0.15, -0.1) is 0 Å². The summed E-state index contributed by atoms with van der Waals surface area (Å²) in [6.07, 6.45) is 5.08. The molecule has 2 N–H and O–H groups in total. The maximum absolute atomic E-state index is 14.6. The molecule has 3 aromatic heterocycles. The number of fused-ring (bicyclic) bond motifs is 1. The van der Waals surface area contributed by atoms with E-state index in [1.54, 1.807) is 27.8 Å². The quantitative estimate of drug-likeness (QED) is 0.248. The van der Waals surface area contributed by atoms with E-state index in [-0.39, 0.29) is 23.7 Å². The van der Waals surface area contributed by atoms with E-state index in [1.807, 2.05) is 13.2 Å². The zero-order chi connectivity index (χ0) is 23.0. The van der Waals surface area contributed by atoms with Gasteiger partial charge in [-0.3, -0.25) is 9.67 Å². The lowest BCUT2D eigenvalue weighted by Crippen LogP contribution is -2.22. The molecule has 0 saturated carbocycles. The Morgan fingerprint density at radius 1 is 1.16 bits per heavy atom. The number of ether oxygens (including phenoxy) is 1. The monoisotopic (exact) mass is 456 g/mol. The van der Waals surface area contributed by atoms with Gasteiger partial charge in [0.25, 0.3) is 0 Å². The van der Waals surface area contributed by atoms with Crippen LogP contribution >= 0.6 is 0 Å². The summed E-state index contributed by atoms with van der Waals surface area (Å²) in [5, 5.41) is 9.61. The molecular formula is C22H26F2N6OSi. The molecule has 0 atom stereocenters. The molecule has 0 radical (unpaired) electrons. The number of hydrogen-bond acceptors (Lipinski definition) is 5. The van der Waals surface area contributed by atoms with Gasteiger partial charge in [-0.1, -0.05) is 19.6 Å². The summed E-state index contributed by atoms with van der Waals surface area (Å²) in [6.45, 7) is 7.77. The molecule has 0 aliphatic rings. The second kappa shape index (κ2) is 8.44. The third kappa shape index (κ3) is 4.41. The average Bonchev–Trinajstić information content (AvgIpc) is 3.31. The molecule has 0 aliphatic heterocycles. The maximum Gasteiger partial charge on any atom is 0.158 e. The number of aromatic nitrogens is 5. The number of rotatable bonds is 7. The number of halogens is 2. The van der Waals surface area contributed by atoms with Crippen molar-refractivity contribution in [1.82, 2.24) is 24.5 Å². The van der Waals surface area contributed by atoms with E-state index in [0.29, 0.717) is 23.2 Å². The first-order valence-corrected chi connectivity index (χ1v) is 14.0. The van der Waals surface area contributed by atoms with Gasteiger partial charge in [0.1, 0.15) is 18.2 Å². The van der Waals surface area contributed by atoms with Crippen LogP contribution in [0.1, 0.15) is 0 Å². The minimum atomic E-state index is -1.21. The molecule has 10 heteroatoms. The molecule has 168 valence electrons. The van der Waals surface area contributed by atoms with Gasteiger partial charge in [0, 0.05) is 38.9 Å². The minimum absolute atomic E-state index is 0.137. The smallest absolute Gasteiger partial charge is 0.158 e. The lowest BCUT2D eigenvalue weighted by atomic mass is 10.1. The summed E-state index contributed by atoms with van der Waals surface area (Å²) >= 11 is 0. The van der Waals surface area contributed by atoms with Gasteiger partial charge < -0.3 is 10.5 Å². The van der Waals surface area contributed by atoms with Gasteiger partial charge >= 0.3 is 0 Å². The topological polar surface area (TPSA) is 83.8 Å². The summed E-state index contributed by atoms with van der Waals surface area (Å²) < 4.78 is 38.4. The van der Waals surface area contributed by atoms with Crippen LogP contribution in [0.25, 0.3) is 33.4 Å². The van der Waals surface area contributed by atoms with Crippen molar-refractivity contribution in [2.45, 2.75) is 32.4 Å². The number of hydrogen-bond donors (Lipinski definition) is 1. The highest BCUT2D eigenvalue weighted by Crippen LogP contribution is 2.33. The van der Waals surface area contributed by atoms with Crippen LogP contribution < -0.4 is 5.73 Å². The van der Waals surface area contributed by atoms with Crippen LogP contribution in [0.5, 0.6) is 0 Å². The van der Waals surface area contributed by atoms with Crippen molar-refractivity contribution in [2.24, 2.45) is 7.05 Å². The molecule has 32 heavy (non-hydrogen) atoms. The van der Waals surface area contributed by atoms with Gasteiger partial charge in [-0.2, -0.15) is 10.2 Å². The summed E-state index contributed by atoms with van der Waals surface area (Å²) in [4.78, 5) is 4.31. The molecule has 0 bridgehead atoms. The van der Waals surface area contributed by atoms with Gasteiger partial charge in [0.15, 0.2) is 5.82 Å². The van der Waals surface area contributed by atoms with Crippen molar-refractivity contribution in [1.29, 1.82) is 0 Å². The largest absolute Gasteiger partial charge is 0.396 e. The highest BCUT2D eigenvalue weighted by molar-refractivity contribution is 6.76. The molecule has 0 amide bonds. The summed E-state index contributed by atoms with van der Waals surface area (Å²) in [7, 11) is 0.599. The molecule has 0 aliphatic carbocycles. The van der Waals surface area contributed by atoms with E-state index < -0.39 is 19.7 Å². The highest BCUT2D eigenvalue weighted by atomic mass is 28.3. The molecule has 0 saturated heterocycles. The van der Waals surface area contributed by atoms with E-state index in [4.69, 9.17) is 15.6 Å². The minimum Gasteiger partial charge on any atom is -0.396 e. The second-order valence-corrected chi connectivity index (χ2v) is 14.6. The molecule has 3 heterocycles. The summed E-state index contributed by atoms with van der Waals surface area (Å²) in [5.74, 6) is -1.56. The van der Waals surface area contributed by atoms with Gasteiger partial charge in [0.2, 0.25) is 0 Å². The SMILES string of the molecule is Cn1cc(-c2nn(COCC[Si](C)(C)C)c3cnc(-c4c(F)ccc(N)c4F)cc23)cn1. The maximum atomic E-state index is 14.6. The number of aryl methyl sites for hydroxylation is 1. The predicted molar refractivity (Wildman–Crippen MR) is 124 cm³/mol. The molecular weight excluding hydrogens is 430 g/mol. The van der Waals surface area contributed by atoms with Gasteiger partial charge in [-0.05, 0) is 24.2 Å². The lowest BCUT2D eigenvalue weighted by Gasteiger charge is -2.15. The molecule has 4 rings (SSSR count). The van der Waals surface area contributed by atoms with Crippen molar-refractivity contribution < 1.29 is 13.5 Å². The zero-order valence-corrected chi connectivity index (χ0v) is 19.6. The van der Waals surface area contributed by atoms with Crippen molar-refractivity contribution in [3.05, 3.63) is 48.4 Å². The van der Waals surface area contributed by atoms with Gasteiger partial charge in [0.05, 0.1) is 34.9 Å². The van der Waals surface area contributed by atoms with E-state index in [0.717, 1.165) is 17.7 Å². The first-order chi connectivity index (χ1) is 15.1. The molecule has 0 fully saturated rings. The Balaban J connectivity index is 1.78. The number of nitrogens with two attached hydrogens (primary N) is 1. The fourth-order valence-corrected chi connectivity index (χ4v) is 4.15. The molecule has 4 aromatic rings. The van der Waals surface area contributed by atoms with Gasteiger partial charge in [-0.25, -0.2) is 13.5 Å². The Morgan fingerprint density at radius 2 is 1.94 bits per heavy atom. The van der Waals surface area contributed by atoms with Crippen LogP contribution in [0.2, 0.25) is 25.7 Å². The first-order valence-electron chi connectivity index (χ1n) is 10.3. The Morgan fingerprint density at radius 3 is 2.62 bits per heavy atom. The fraction of sp³-hybridized carbons (Fsp3) is 0.318. The Hall–Kier alpha value is -3.11. The fourth-order valence-electron chi connectivity index (χ4n) is 3.40. The van der Waals surface area contributed by atoms with E-state index in [2.05, 4.69) is 29.7 Å². The highest BCUT2D eigenvalue weighted by Gasteiger charge is 2.20.